The van der Waals surface area contributed by atoms with Crippen LogP contribution in [0.1, 0.15) is 25.0 Å². The molecule has 0 aliphatic heterocycles. The van der Waals surface area contributed by atoms with Crippen LogP contribution in [0.4, 0.5) is 5.69 Å². The molecule has 1 amide bonds. The normalized spacial score (nSPS) is 15.0. The molecule has 98 valence electrons. The minimum absolute atomic E-state index is 0.127. The third-order valence-corrected chi connectivity index (χ3v) is 3.61. The lowest BCUT2D eigenvalue weighted by atomic mass is 9.85. The summed E-state index contributed by atoms with van der Waals surface area (Å²) >= 11 is 0. The number of carbonyl (C=O) groups excluding carboxylic acids is 1. The van der Waals surface area contributed by atoms with E-state index in [0.29, 0.717) is 0 Å². The first-order valence-electron chi connectivity index (χ1n) is 6.66. The fraction of sp³-hybridized carbons (Fsp3) is 0.333. The molecule has 0 atom stereocenters. The minimum atomic E-state index is 0.127. The molecule has 1 saturated carbocycles. The Morgan fingerprint density at radius 1 is 1.32 bits per heavy atom. The van der Waals surface area contributed by atoms with Crippen LogP contribution in [-0.2, 0) is 4.79 Å². The fourth-order valence-corrected chi connectivity index (χ4v) is 2.23. The molecule has 1 aromatic heterocycles. The van der Waals surface area contributed by atoms with Gasteiger partial charge in [-0.1, -0.05) is 18.6 Å². The van der Waals surface area contributed by atoms with Crippen molar-refractivity contribution in [2.75, 3.05) is 5.32 Å². The number of para-hydroxylation sites is 2. The number of carbonyl (C=O) groups is 1. The van der Waals surface area contributed by atoms with Gasteiger partial charge in [-0.05, 0) is 38.0 Å². The van der Waals surface area contributed by atoms with Gasteiger partial charge in [0.2, 0.25) is 5.91 Å². The first-order valence-corrected chi connectivity index (χ1v) is 6.66. The molecule has 4 nitrogen and oxygen atoms in total. The van der Waals surface area contributed by atoms with Crippen molar-refractivity contribution in [1.82, 2.24) is 9.78 Å². The first kappa shape index (κ1) is 12.0. The molecule has 0 bridgehead atoms. The van der Waals surface area contributed by atoms with E-state index in [2.05, 4.69) is 10.4 Å². The van der Waals surface area contributed by atoms with Crippen LogP contribution < -0.4 is 5.32 Å². The fourth-order valence-electron chi connectivity index (χ4n) is 2.23. The van der Waals surface area contributed by atoms with E-state index in [1.165, 1.54) is 0 Å². The molecule has 2 aromatic rings. The van der Waals surface area contributed by atoms with Crippen molar-refractivity contribution in [2.24, 2.45) is 5.92 Å². The second-order valence-corrected chi connectivity index (χ2v) is 5.04. The Bertz CT molecular complexity index is 599. The minimum Gasteiger partial charge on any atom is -0.324 e. The molecule has 1 aliphatic carbocycles. The summed E-state index contributed by atoms with van der Waals surface area (Å²) in [5.41, 5.74) is 2.69. The maximum atomic E-state index is 12.0. The van der Waals surface area contributed by atoms with Gasteiger partial charge in [0.15, 0.2) is 0 Å². The maximum Gasteiger partial charge on any atom is 0.227 e. The number of hydrogen-bond acceptors (Lipinski definition) is 2. The van der Waals surface area contributed by atoms with Crippen LogP contribution >= 0.6 is 0 Å². The second-order valence-electron chi connectivity index (χ2n) is 5.04. The van der Waals surface area contributed by atoms with Gasteiger partial charge < -0.3 is 5.32 Å². The average Bonchev–Trinajstić information content (AvgIpc) is 2.74. The van der Waals surface area contributed by atoms with E-state index in [1.807, 2.05) is 43.5 Å². The highest BCUT2D eigenvalue weighted by atomic mass is 16.1. The number of anilines is 1. The third-order valence-electron chi connectivity index (χ3n) is 3.61. The van der Waals surface area contributed by atoms with Crippen LogP contribution in [0.25, 0.3) is 5.69 Å². The summed E-state index contributed by atoms with van der Waals surface area (Å²) in [6, 6.07) is 9.71. The predicted molar refractivity (Wildman–Crippen MR) is 74.3 cm³/mol. The average molecular weight is 255 g/mol. The van der Waals surface area contributed by atoms with Gasteiger partial charge in [0.1, 0.15) is 0 Å². The van der Waals surface area contributed by atoms with Gasteiger partial charge in [-0.15, -0.1) is 0 Å². The van der Waals surface area contributed by atoms with Crippen LogP contribution in [0.5, 0.6) is 0 Å². The molecule has 3 rings (SSSR count). The van der Waals surface area contributed by atoms with E-state index < -0.39 is 0 Å². The quantitative estimate of drug-likeness (QED) is 0.916. The van der Waals surface area contributed by atoms with Crippen molar-refractivity contribution >= 4 is 11.6 Å². The zero-order valence-corrected chi connectivity index (χ0v) is 11.0. The van der Waals surface area contributed by atoms with E-state index in [-0.39, 0.29) is 11.8 Å². The van der Waals surface area contributed by atoms with Crippen LogP contribution in [0.3, 0.4) is 0 Å². The Balaban J connectivity index is 1.86. The Morgan fingerprint density at radius 2 is 2.11 bits per heavy atom. The van der Waals surface area contributed by atoms with E-state index in [9.17, 15) is 4.79 Å². The monoisotopic (exact) mass is 255 g/mol. The molecule has 0 unspecified atom stereocenters. The van der Waals surface area contributed by atoms with Gasteiger partial charge in [-0.25, -0.2) is 4.68 Å². The first-order chi connectivity index (χ1) is 9.24. The van der Waals surface area contributed by atoms with Crippen LogP contribution in [0.15, 0.2) is 36.5 Å². The summed E-state index contributed by atoms with van der Waals surface area (Å²) in [6.07, 6.45) is 5.09. The summed E-state index contributed by atoms with van der Waals surface area (Å²) in [6.45, 7) is 1.95. The lowest BCUT2D eigenvalue weighted by Crippen LogP contribution is -2.28. The summed E-state index contributed by atoms with van der Waals surface area (Å²) in [5, 5.41) is 7.41. The van der Waals surface area contributed by atoms with Gasteiger partial charge in [0.05, 0.1) is 17.1 Å². The third kappa shape index (κ3) is 2.38. The van der Waals surface area contributed by atoms with Crippen LogP contribution in [-0.4, -0.2) is 15.7 Å². The summed E-state index contributed by atoms with van der Waals surface area (Å²) < 4.78 is 1.80. The Morgan fingerprint density at radius 3 is 2.74 bits per heavy atom. The highest BCUT2D eigenvalue weighted by Gasteiger charge is 2.25. The molecule has 0 radical (unpaired) electrons. The van der Waals surface area contributed by atoms with Gasteiger partial charge in [0, 0.05) is 12.1 Å². The number of benzene rings is 1. The number of aromatic nitrogens is 2. The molecule has 1 fully saturated rings. The van der Waals surface area contributed by atoms with Crippen molar-refractivity contribution in [1.29, 1.82) is 0 Å². The van der Waals surface area contributed by atoms with E-state index in [0.717, 1.165) is 36.3 Å². The molecule has 1 heterocycles. The zero-order chi connectivity index (χ0) is 13.2. The Labute approximate surface area is 112 Å². The Kier molecular flexibility index (Phi) is 3.07. The molecule has 0 spiro atoms. The second kappa shape index (κ2) is 4.88. The van der Waals surface area contributed by atoms with E-state index in [1.54, 1.807) is 4.68 Å². The topological polar surface area (TPSA) is 46.9 Å². The predicted octanol–water partition coefficient (Wildman–Crippen LogP) is 2.92. The smallest absolute Gasteiger partial charge is 0.227 e. The maximum absolute atomic E-state index is 12.0. The van der Waals surface area contributed by atoms with Gasteiger partial charge in [0.25, 0.3) is 0 Å². The molecule has 1 N–H and O–H groups in total. The molecule has 4 heteroatoms. The molecule has 0 saturated heterocycles. The molecule has 1 aromatic carbocycles. The number of rotatable bonds is 3. The number of hydrogen-bond donors (Lipinski definition) is 1. The van der Waals surface area contributed by atoms with E-state index >= 15 is 0 Å². The van der Waals surface area contributed by atoms with Crippen LogP contribution in [0, 0.1) is 12.8 Å². The molecular weight excluding hydrogens is 238 g/mol. The largest absolute Gasteiger partial charge is 0.324 e. The number of nitrogens with zero attached hydrogens (tertiary/aromatic N) is 2. The van der Waals surface area contributed by atoms with Gasteiger partial charge >= 0.3 is 0 Å². The standard InChI is InChI=1S/C15H17N3O/c1-11-9-10-18(17-11)14-8-3-2-7-13(14)16-15(19)12-5-4-6-12/h2-3,7-10,12H,4-6H2,1H3,(H,16,19). The lowest BCUT2D eigenvalue weighted by Gasteiger charge is -2.24. The van der Waals surface area contributed by atoms with Crippen molar-refractivity contribution in [3.8, 4) is 5.69 Å². The van der Waals surface area contributed by atoms with Crippen molar-refractivity contribution in [2.45, 2.75) is 26.2 Å². The van der Waals surface area contributed by atoms with Crippen molar-refractivity contribution in [3.05, 3.63) is 42.2 Å². The zero-order valence-electron chi connectivity index (χ0n) is 11.0. The van der Waals surface area contributed by atoms with Crippen LogP contribution in [0.2, 0.25) is 0 Å². The molecular formula is C15H17N3O. The summed E-state index contributed by atoms with van der Waals surface area (Å²) in [7, 11) is 0. The molecule has 19 heavy (non-hydrogen) atoms. The Hall–Kier alpha value is -2.10. The summed E-state index contributed by atoms with van der Waals surface area (Å²) in [5.74, 6) is 0.315. The van der Waals surface area contributed by atoms with Crippen molar-refractivity contribution < 1.29 is 4.79 Å². The van der Waals surface area contributed by atoms with E-state index in [4.69, 9.17) is 0 Å². The van der Waals surface area contributed by atoms with Gasteiger partial charge in [-0.2, -0.15) is 5.10 Å². The molecule has 1 aliphatic rings. The van der Waals surface area contributed by atoms with Gasteiger partial charge in [-0.3, -0.25) is 4.79 Å². The lowest BCUT2D eigenvalue weighted by molar-refractivity contribution is -0.122. The van der Waals surface area contributed by atoms with Crippen molar-refractivity contribution in [3.63, 3.8) is 0 Å². The number of nitrogens with one attached hydrogen (secondary N) is 1. The summed E-state index contributed by atoms with van der Waals surface area (Å²) in [4.78, 5) is 12.0. The SMILES string of the molecule is Cc1ccn(-c2ccccc2NC(=O)C2CCC2)n1. The number of aryl methyl sites for hydroxylation is 1. The number of amides is 1. The highest BCUT2D eigenvalue weighted by molar-refractivity contribution is 5.94. The highest BCUT2D eigenvalue weighted by Crippen LogP contribution is 2.28.